The lowest BCUT2D eigenvalue weighted by Crippen LogP contribution is -2.35. The maximum Gasteiger partial charge on any atom is 0.315 e. The zero-order valence-corrected chi connectivity index (χ0v) is 13.9. The minimum absolute atomic E-state index is 0.0340. The lowest BCUT2D eigenvalue weighted by Gasteiger charge is -2.10. The molecule has 0 spiro atoms. The predicted octanol–water partition coefficient (Wildman–Crippen LogP) is 2.63. The van der Waals surface area contributed by atoms with Crippen molar-refractivity contribution in [3.63, 3.8) is 0 Å². The van der Waals surface area contributed by atoms with Crippen LogP contribution in [0.15, 0.2) is 54.9 Å². The first kappa shape index (κ1) is 16.8. The topological polar surface area (TPSA) is 92.1 Å². The van der Waals surface area contributed by atoms with Crippen LogP contribution in [-0.4, -0.2) is 25.9 Å². The largest absolute Gasteiger partial charge is 0.506 e. The Labute approximate surface area is 149 Å². The molecule has 7 nitrogen and oxygen atoms in total. The highest BCUT2D eigenvalue weighted by Gasteiger charge is 2.09. The average Bonchev–Trinajstić information content (AvgIpc) is 3.10. The molecular weight excluding hydrogens is 342 g/mol. The summed E-state index contributed by atoms with van der Waals surface area (Å²) in [6, 6.07) is 14.2. The number of urea groups is 1. The van der Waals surface area contributed by atoms with Gasteiger partial charge in [-0.05, 0) is 18.2 Å². The van der Waals surface area contributed by atoms with Gasteiger partial charge < -0.3 is 15.7 Å². The van der Waals surface area contributed by atoms with Crippen LogP contribution in [0.1, 0.15) is 11.4 Å². The number of rotatable bonds is 5. The minimum Gasteiger partial charge on any atom is -0.506 e. The molecule has 2 amide bonds. The zero-order chi connectivity index (χ0) is 17.6. The van der Waals surface area contributed by atoms with Crippen LogP contribution in [0.25, 0.3) is 5.69 Å². The fraction of sp³-hybridized carbons (Fsp3) is 0.118. The van der Waals surface area contributed by atoms with E-state index >= 15 is 0 Å². The number of nitrogens with one attached hydrogen (secondary N) is 2. The van der Waals surface area contributed by atoms with E-state index in [1.54, 1.807) is 29.1 Å². The van der Waals surface area contributed by atoms with Crippen LogP contribution in [0.2, 0.25) is 5.02 Å². The van der Waals surface area contributed by atoms with E-state index < -0.39 is 0 Å². The Morgan fingerprint density at radius 3 is 2.64 bits per heavy atom. The number of phenolic OH excluding ortho intramolecular Hbond substituents is 1. The van der Waals surface area contributed by atoms with Gasteiger partial charge in [0.05, 0.1) is 11.6 Å². The van der Waals surface area contributed by atoms with Crippen LogP contribution in [0, 0.1) is 0 Å². The number of benzene rings is 2. The first-order chi connectivity index (χ1) is 12.1. The normalized spacial score (nSPS) is 10.4. The zero-order valence-electron chi connectivity index (χ0n) is 13.2. The molecule has 3 N–H and O–H groups in total. The maximum atomic E-state index is 12.0. The summed E-state index contributed by atoms with van der Waals surface area (Å²) in [6.07, 6.45) is 1.59. The first-order valence-electron chi connectivity index (χ1n) is 7.57. The van der Waals surface area contributed by atoms with Gasteiger partial charge in [0.1, 0.15) is 12.1 Å². The second kappa shape index (κ2) is 7.67. The highest BCUT2D eigenvalue weighted by atomic mass is 35.5. The Morgan fingerprint density at radius 1 is 1.08 bits per heavy atom. The summed E-state index contributed by atoms with van der Waals surface area (Å²) in [5.41, 5.74) is 1.45. The van der Waals surface area contributed by atoms with Gasteiger partial charge in [-0.1, -0.05) is 41.9 Å². The van der Waals surface area contributed by atoms with Gasteiger partial charge in [-0.25, -0.2) is 4.79 Å². The molecule has 3 aromatic rings. The summed E-state index contributed by atoms with van der Waals surface area (Å²) in [5, 5.41) is 23.4. The molecule has 2 aromatic carbocycles. The van der Waals surface area contributed by atoms with E-state index in [-0.39, 0.29) is 29.9 Å². The Balaban J connectivity index is 1.57. The molecule has 0 atom stereocenters. The Hall–Kier alpha value is -3.06. The SMILES string of the molecule is O=C(NCc1cccc(Cl)c1O)NCc1nncn1-c1ccccc1. The lowest BCUT2D eigenvalue weighted by atomic mass is 10.2. The smallest absolute Gasteiger partial charge is 0.315 e. The van der Waals surface area contributed by atoms with Crippen molar-refractivity contribution in [3.8, 4) is 11.4 Å². The van der Waals surface area contributed by atoms with Crippen molar-refractivity contribution >= 4 is 17.6 Å². The van der Waals surface area contributed by atoms with E-state index in [1.165, 1.54) is 0 Å². The number of halogens is 1. The van der Waals surface area contributed by atoms with Gasteiger partial charge in [0.15, 0.2) is 5.82 Å². The van der Waals surface area contributed by atoms with Crippen molar-refractivity contribution < 1.29 is 9.90 Å². The van der Waals surface area contributed by atoms with Gasteiger partial charge in [0, 0.05) is 17.8 Å². The summed E-state index contributed by atoms with van der Waals surface area (Å²) in [4.78, 5) is 12.0. The van der Waals surface area contributed by atoms with Crippen LogP contribution >= 0.6 is 11.6 Å². The number of carbonyl (C=O) groups is 1. The summed E-state index contributed by atoms with van der Waals surface area (Å²) in [6.45, 7) is 0.367. The molecule has 1 heterocycles. The van der Waals surface area contributed by atoms with Crippen molar-refractivity contribution in [2.24, 2.45) is 0 Å². The van der Waals surface area contributed by atoms with E-state index in [1.807, 2.05) is 30.3 Å². The van der Waals surface area contributed by atoms with Gasteiger partial charge >= 0.3 is 6.03 Å². The summed E-state index contributed by atoms with van der Waals surface area (Å²) in [7, 11) is 0. The van der Waals surface area contributed by atoms with Crippen molar-refractivity contribution in [1.82, 2.24) is 25.4 Å². The Bertz CT molecular complexity index is 866. The minimum atomic E-state index is -0.387. The number of aromatic nitrogens is 3. The molecule has 0 saturated carbocycles. The van der Waals surface area contributed by atoms with E-state index in [0.717, 1.165) is 5.69 Å². The molecule has 0 unspecified atom stereocenters. The number of phenols is 1. The van der Waals surface area contributed by atoms with Crippen molar-refractivity contribution in [3.05, 3.63) is 71.3 Å². The third-order valence-electron chi connectivity index (χ3n) is 3.57. The quantitative estimate of drug-likeness (QED) is 0.654. The first-order valence-corrected chi connectivity index (χ1v) is 7.95. The predicted molar refractivity (Wildman–Crippen MR) is 93.6 cm³/mol. The Kier molecular flexibility index (Phi) is 5.15. The highest BCUT2D eigenvalue weighted by Crippen LogP contribution is 2.26. The number of nitrogens with zero attached hydrogens (tertiary/aromatic N) is 3. The molecule has 0 aliphatic heterocycles. The second-order valence-corrected chi connectivity index (χ2v) is 5.64. The molecule has 0 bridgehead atoms. The second-order valence-electron chi connectivity index (χ2n) is 5.24. The molecule has 8 heteroatoms. The molecule has 1 aromatic heterocycles. The van der Waals surface area contributed by atoms with Crippen molar-refractivity contribution in [2.75, 3.05) is 0 Å². The highest BCUT2D eigenvalue weighted by molar-refractivity contribution is 6.32. The van der Waals surface area contributed by atoms with Crippen LogP contribution in [0.3, 0.4) is 0 Å². The average molecular weight is 358 g/mol. The van der Waals surface area contributed by atoms with Crippen LogP contribution in [0.5, 0.6) is 5.75 Å². The fourth-order valence-corrected chi connectivity index (χ4v) is 2.48. The third-order valence-corrected chi connectivity index (χ3v) is 3.87. The molecule has 0 aliphatic rings. The maximum absolute atomic E-state index is 12.0. The van der Waals surface area contributed by atoms with Gasteiger partial charge in [-0.15, -0.1) is 10.2 Å². The van der Waals surface area contributed by atoms with E-state index in [4.69, 9.17) is 11.6 Å². The molecule has 25 heavy (non-hydrogen) atoms. The van der Waals surface area contributed by atoms with Crippen molar-refractivity contribution in [1.29, 1.82) is 0 Å². The van der Waals surface area contributed by atoms with E-state index in [9.17, 15) is 9.90 Å². The number of para-hydroxylation sites is 2. The number of aromatic hydroxyl groups is 1. The summed E-state index contributed by atoms with van der Waals surface area (Å²) >= 11 is 5.84. The van der Waals surface area contributed by atoms with Crippen LogP contribution < -0.4 is 10.6 Å². The third kappa shape index (κ3) is 4.07. The van der Waals surface area contributed by atoms with Crippen molar-refractivity contribution in [2.45, 2.75) is 13.1 Å². The number of hydrogen-bond acceptors (Lipinski definition) is 4. The number of amides is 2. The molecule has 0 aliphatic carbocycles. The van der Waals surface area contributed by atoms with Crippen LogP contribution in [-0.2, 0) is 13.1 Å². The molecule has 128 valence electrons. The fourth-order valence-electron chi connectivity index (χ4n) is 2.28. The lowest BCUT2D eigenvalue weighted by molar-refractivity contribution is 0.239. The molecular formula is C17H16ClN5O2. The monoisotopic (exact) mass is 357 g/mol. The molecule has 0 radical (unpaired) electrons. The van der Waals surface area contributed by atoms with Gasteiger partial charge in [-0.3, -0.25) is 4.57 Å². The van der Waals surface area contributed by atoms with E-state index in [2.05, 4.69) is 20.8 Å². The Morgan fingerprint density at radius 2 is 1.84 bits per heavy atom. The van der Waals surface area contributed by atoms with Gasteiger partial charge in [-0.2, -0.15) is 0 Å². The number of carbonyl (C=O) groups excluding carboxylic acids is 1. The summed E-state index contributed by atoms with van der Waals surface area (Å²) in [5.74, 6) is 0.570. The van der Waals surface area contributed by atoms with Gasteiger partial charge in [0.2, 0.25) is 0 Å². The van der Waals surface area contributed by atoms with Crippen LogP contribution in [0.4, 0.5) is 4.79 Å². The number of hydrogen-bond donors (Lipinski definition) is 3. The van der Waals surface area contributed by atoms with E-state index in [0.29, 0.717) is 11.4 Å². The molecule has 3 rings (SSSR count). The molecule has 0 fully saturated rings. The standard InChI is InChI=1S/C17H16ClN5O2/c18-14-8-4-5-12(16(14)24)9-19-17(25)20-10-15-22-21-11-23(15)13-6-2-1-3-7-13/h1-8,11,24H,9-10H2,(H2,19,20,25). The van der Waals surface area contributed by atoms with Gasteiger partial charge in [0.25, 0.3) is 0 Å². The summed E-state index contributed by atoms with van der Waals surface area (Å²) < 4.78 is 1.79. The molecule has 0 saturated heterocycles.